The van der Waals surface area contributed by atoms with Gasteiger partial charge in [0.2, 0.25) is 5.95 Å². The number of ether oxygens (including phenoxy) is 1. The minimum Gasteiger partial charge on any atom is -0.457 e. The summed E-state index contributed by atoms with van der Waals surface area (Å²) in [7, 11) is 4.00. The minimum absolute atomic E-state index is 0.637. The third-order valence-corrected chi connectivity index (χ3v) is 6.72. The van der Waals surface area contributed by atoms with Crippen LogP contribution < -0.4 is 15.0 Å². The molecule has 2 aromatic carbocycles. The van der Waals surface area contributed by atoms with Gasteiger partial charge in [0.15, 0.2) is 5.82 Å². The van der Waals surface area contributed by atoms with Crippen LogP contribution in [0.5, 0.6) is 11.5 Å². The van der Waals surface area contributed by atoms with Gasteiger partial charge in [-0.3, -0.25) is 0 Å². The molecular formula is C28H32N8O. The molecule has 3 aromatic heterocycles. The van der Waals surface area contributed by atoms with Gasteiger partial charge in [-0.2, -0.15) is 0 Å². The Labute approximate surface area is 216 Å². The summed E-state index contributed by atoms with van der Waals surface area (Å²) in [5.41, 5.74) is 5.22. The van der Waals surface area contributed by atoms with Crippen LogP contribution in [-0.4, -0.2) is 43.1 Å². The smallest absolute Gasteiger partial charge is 0.225 e. The van der Waals surface area contributed by atoms with Gasteiger partial charge >= 0.3 is 0 Å². The van der Waals surface area contributed by atoms with Crippen molar-refractivity contribution in [2.24, 2.45) is 13.0 Å². The average molecular weight is 497 g/mol. The molecule has 5 aromatic rings. The lowest BCUT2D eigenvalue weighted by Gasteiger charge is -2.19. The van der Waals surface area contributed by atoms with E-state index in [4.69, 9.17) is 9.72 Å². The summed E-state index contributed by atoms with van der Waals surface area (Å²) < 4.78 is 8.15. The molecule has 9 nitrogen and oxygen atoms in total. The van der Waals surface area contributed by atoms with Gasteiger partial charge in [-0.15, -0.1) is 0 Å². The van der Waals surface area contributed by atoms with E-state index in [1.165, 1.54) is 6.33 Å². The Balaban J connectivity index is 1.35. The predicted molar refractivity (Wildman–Crippen MR) is 148 cm³/mol. The Bertz CT molecular complexity index is 1550. The van der Waals surface area contributed by atoms with E-state index in [1.807, 2.05) is 62.0 Å². The Morgan fingerprint density at radius 3 is 2.73 bits per heavy atom. The van der Waals surface area contributed by atoms with Gasteiger partial charge in [0.1, 0.15) is 28.9 Å². The highest BCUT2D eigenvalue weighted by atomic mass is 16.5. The highest BCUT2D eigenvalue weighted by molar-refractivity contribution is 5.87. The van der Waals surface area contributed by atoms with E-state index in [9.17, 15) is 0 Å². The molecule has 3 heterocycles. The monoisotopic (exact) mass is 496 g/mol. The Kier molecular flexibility index (Phi) is 6.85. The van der Waals surface area contributed by atoms with E-state index >= 15 is 0 Å². The van der Waals surface area contributed by atoms with Crippen molar-refractivity contribution in [1.82, 2.24) is 29.5 Å². The molecule has 0 aliphatic carbocycles. The normalized spacial score (nSPS) is 12.1. The third kappa shape index (κ3) is 5.30. The standard InChI is InChI=1S/C28H32N8O/c1-6-18(2)11-12-35(4)28-29-15-23-26(34-28)27(31-16-30-23)33-20-7-10-25(19(3)13-20)37-21-8-9-24-22(14-21)32-17-36(24)5/h7-10,13-18H,6,11-12H2,1-5H3,(H,30,31,33). The van der Waals surface area contributed by atoms with Gasteiger partial charge in [0.05, 0.1) is 23.6 Å². The number of benzene rings is 2. The fraction of sp³-hybridized carbons (Fsp3) is 0.321. The molecule has 0 saturated carbocycles. The Morgan fingerprint density at radius 1 is 1.05 bits per heavy atom. The molecule has 0 saturated heterocycles. The van der Waals surface area contributed by atoms with Crippen molar-refractivity contribution in [3.63, 3.8) is 0 Å². The summed E-state index contributed by atoms with van der Waals surface area (Å²) in [6, 6.07) is 11.9. The third-order valence-electron chi connectivity index (χ3n) is 6.72. The number of nitrogens with one attached hydrogen (secondary N) is 1. The summed E-state index contributed by atoms with van der Waals surface area (Å²) in [6.07, 6.45) is 7.34. The number of hydrogen-bond acceptors (Lipinski definition) is 8. The maximum atomic E-state index is 6.16. The number of aryl methyl sites for hydroxylation is 2. The first kappa shape index (κ1) is 24.4. The first-order chi connectivity index (χ1) is 17.9. The number of rotatable bonds is 9. The van der Waals surface area contributed by atoms with E-state index in [-0.39, 0.29) is 0 Å². The summed E-state index contributed by atoms with van der Waals surface area (Å²) >= 11 is 0. The van der Waals surface area contributed by atoms with Crippen molar-refractivity contribution in [1.29, 1.82) is 0 Å². The van der Waals surface area contributed by atoms with Crippen molar-refractivity contribution < 1.29 is 4.74 Å². The molecule has 5 rings (SSSR count). The largest absolute Gasteiger partial charge is 0.457 e. The van der Waals surface area contributed by atoms with Crippen LogP contribution in [0.15, 0.2) is 55.2 Å². The summed E-state index contributed by atoms with van der Waals surface area (Å²) in [4.78, 5) is 24.6. The lowest BCUT2D eigenvalue weighted by molar-refractivity contribution is 0.479. The summed E-state index contributed by atoms with van der Waals surface area (Å²) in [6.45, 7) is 7.39. The zero-order valence-electron chi connectivity index (χ0n) is 21.9. The van der Waals surface area contributed by atoms with E-state index < -0.39 is 0 Å². The molecule has 1 unspecified atom stereocenters. The number of anilines is 3. The van der Waals surface area contributed by atoms with Gasteiger partial charge in [0, 0.05) is 32.4 Å². The van der Waals surface area contributed by atoms with Gasteiger partial charge < -0.3 is 19.5 Å². The summed E-state index contributed by atoms with van der Waals surface area (Å²) in [5.74, 6) is 3.49. The Morgan fingerprint density at radius 2 is 1.92 bits per heavy atom. The lowest BCUT2D eigenvalue weighted by Crippen LogP contribution is -2.22. The molecule has 37 heavy (non-hydrogen) atoms. The first-order valence-corrected chi connectivity index (χ1v) is 12.6. The quantitative estimate of drug-likeness (QED) is 0.265. The molecule has 0 fully saturated rings. The number of nitrogens with zero attached hydrogens (tertiary/aromatic N) is 7. The van der Waals surface area contributed by atoms with E-state index in [0.717, 1.165) is 53.2 Å². The second-order valence-electron chi connectivity index (χ2n) is 9.56. The van der Waals surface area contributed by atoms with Gasteiger partial charge in [-0.05, 0) is 55.2 Å². The molecule has 0 spiro atoms. The van der Waals surface area contributed by atoms with Crippen molar-refractivity contribution in [3.8, 4) is 11.5 Å². The molecular weight excluding hydrogens is 464 g/mol. The molecule has 190 valence electrons. The number of fused-ring (bicyclic) bond motifs is 2. The molecule has 0 radical (unpaired) electrons. The van der Waals surface area contributed by atoms with Gasteiger partial charge in [-0.1, -0.05) is 20.3 Å². The van der Waals surface area contributed by atoms with Crippen molar-refractivity contribution in [2.45, 2.75) is 33.6 Å². The maximum absolute atomic E-state index is 6.16. The second kappa shape index (κ2) is 10.4. The summed E-state index contributed by atoms with van der Waals surface area (Å²) in [5, 5.41) is 3.40. The average Bonchev–Trinajstić information content (AvgIpc) is 3.28. The maximum Gasteiger partial charge on any atom is 0.225 e. The fourth-order valence-corrected chi connectivity index (χ4v) is 4.12. The van der Waals surface area contributed by atoms with Crippen LogP contribution in [-0.2, 0) is 7.05 Å². The minimum atomic E-state index is 0.637. The molecule has 0 amide bonds. The van der Waals surface area contributed by atoms with E-state index in [2.05, 4.69) is 44.0 Å². The molecule has 1 N–H and O–H groups in total. The van der Waals surface area contributed by atoms with Gasteiger partial charge in [-0.25, -0.2) is 24.9 Å². The zero-order valence-corrected chi connectivity index (χ0v) is 21.9. The second-order valence-corrected chi connectivity index (χ2v) is 9.56. The van der Waals surface area contributed by atoms with Crippen LogP contribution in [0.2, 0.25) is 0 Å². The van der Waals surface area contributed by atoms with Crippen LogP contribution in [0.3, 0.4) is 0 Å². The first-order valence-electron chi connectivity index (χ1n) is 12.6. The molecule has 0 aliphatic rings. The van der Waals surface area contributed by atoms with Crippen molar-refractivity contribution in [3.05, 3.63) is 60.8 Å². The molecule has 0 bridgehead atoms. The highest BCUT2D eigenvalue weighted by Crippen LogP contribution is 2.31. The molecule has 0 aliphatic heterocycles. The molecule has 9 heteroatoms. The van der Waals surface area contributed by atoms with Crippen molar-refractivity contribution in [2.75, 3.05) is 23.8 Å². The topological polar surface area (TPSA) is 93.9 Å². The predicted octanol–water partition coefficient (Wildman–Crippen LogP) is 6.02. The number of hydrogen-bond donors (Lipinski definition) is 1. The van der Waals surface area contributed by atoms with Crippen LogP contribution in [0.1, 0.15) is 32.3 Å². The lowest BCUT2D eigenvalue weighted by atomic mass is 10.1. The Hall–Kier alpha value is -4.27. The number of aromatic nitrogens is 6. The van der Waals surface area contributed by atoms with Crippen LogP contribution in [0.25, 0.3) is 22.1 Å². The van der Waals surface area contributed by atoms with Crippen LogP contribution in [0, 0.1) is 12.8 Å². The van der Waals surface area contributed by atoms with E-state index in [1.54, 1.807) is 12.5 Å². The zero-order chi connectivity index (χ0) is 25.9. The van der Waals surface area contributed by atoms with E-state index in [0.29, 0.717) is 28.7 Å². The number of imidazole rings is 1. The highest BCUT2D eigenvalue weighted by Gasteiger charge is 2.13. The van der Waals surface area contributed by atoms with Gasteiger partial charge in [0.25, 0.3) is 0 Å². The SMILES string of the molecule is CCC(C)CCN(C)c1ncc2ncnc(Nc3ccc(Oc4ccc5c(c4)ncn5C)c(C)c3)c2n1. The van der Waals surface area contributed by atoms with Crippen LogP contribution >= 0.6 is 0 Å². The molecule has 1 atom stereocenters. The fourth-order valence-electron chi connectivity index (χ4n) is 4.12. The van der Waals surface area contributed by atoms with Crippen molar-refractivity contribution >= 4 is 39.5 Å². The van der Waals surface area contributed by atoms with Crippen LogP contribution in [0.4, 0.5) is 17.5 Å².